The van der Waals surface area contributed by atoms with Gasteiger partial charge in [0, 0.05) is 0 Å². The van der Waals surface area contributed by atoms with Crippen molar-refractivity contribution in [1.82, 2.24) is 5.32 Å². The molecule has 1 aromatic carbocycles. The van der Waals surface area contributed by atoms with Gasteiger partial charge in [-0.15, -0.1) is 0 Å². The van der Waals surface area contributed by atoms with Crippen LogP contribution in [0.2, 0.25) is 0 Å². The second kappa shape index (κ2) is 7.85. The second-order valence-corrected chi connectivity index (χ2v) is 4.11. The standard InChI is InChI=1S/C14H21NO2/c1-3-8-15-9-5-10-17-14(16)13-7-4-6-12(2)11-13/h4,6-7,11,15H,3,5,8-10H2,1-2H3. The summed E-state index contributed by atoms with van der Waals surface area (Å²) in [6, 6.07) is 7.46. The SMILES string of the molecule is CCCNCCCOC(=O)c1cccc(C)c1. The van der Waals surface area contributed by atoms with Crippen molar-refractivity contribution >= 4 is 5.97 Å². The lowest BCUT2D eigenvalue weighted by molar-refractivity contribution is 0.0500. The van der Waals surface area contributed by atoms with Crippen molar-refractivity contribution in [3.8, 4) is 0 Å². The lowest BCUT2D eigenvalue weighted by atomic mass is 10.1. The van der Waals surface area contributed by atoms with E-state index in [-0.39, 0.29) is 5.97 Å². The van der Waals surface area contributed by atoms with Gasteiger partial charge in [0.2, 0.25) is 0 Å². The van der Waals surface area contributed by atoms with Gasteiger partial charge in [-0.05, 0) is 45.0 Å². The average Bonchev–Trinajstić information content (AvgIpc) is 2.33. The van der Waals surface area contributed by atoms with Crippen LogP contribution in [0.5, 0.6) is 0 Å². The number of aryl methyl sites for hydroxylation is 1. The van der Waals surface area contributed by atoms with Gasteiger partial charge in [0.15, 0.2) is 0 Å². The molecule has 1 aromatic rings. The first-order valence-corrected chi connectivity index (χ1v) is 6.18. The molecule has 0 spiro atoms. The van der Waals surface area contributed by atoms with Crippen LogP contribution in [0.3, 0.4) is 0 Å². The third-order valence-corrected chi connectivity index (χ3v) is 2.41. The van der Waals surface area contributed by atoms with Crippen LogP contribution in [-0.4, -0.2) is 25.7 Å². The summed E-state index contributed by atoms with van der Waals surface area (Å²) in [5.41, 5.74) is 1.70. The molecule has 0 heterocycles. The third-order valence-electron chi connectivity index (χ3n) is 2.41. The molecule has 0 aliphatic carbocycles. The summed E-state index contributed by atoms with van der Waals surface area (Å²) in [5, 5.41) is 3.27. The number of rotatable bonds is 7. The van der Waals surface area contributed by atoms with Crippen LogP contribution in [-0.2, 0) is 4.74 Å². The monoisotopic (exact) mass is 235 g/mol. The van der Waals surface area contributed by atoms with E-state index in [4.69, 9.17) is 4.74 Å². The zero-order valence-electron chi connectivity index (χ0n) is 10.7. The quantitative estimate of drug-likeness (QED) is 0.583. The molecule has 0 saturated carbocycles. The fourth-order valence-corrected chi connectivity index (χ4v) is 1.52. The number of nitrogens with one attached hydrogen (secondary N) is 1. The van der Waals surface area contributed by atoms with E-state index in [0.29, 0.717) is 12.2 Å². The molecule has 17 heavy (non-hydrogen) atoms. The van der Waals surface area contributed by atoms with Crippen molar-refractivity contribution in [1.29, 1.82) is 0 Å². The van der Waals surface area contributed by atoms with E-state index in [1.54, 1.807) is 6.07 Å². The minimum Gasteiger partial charge on any atom is -0.462 e. The van der Waals surface area contributed by atoms with Gasteiger partial charge >= 0.3 is 5.97 Å². The fraction of sp³-hybridized carbons (Fsp3) is 0.500. The van der Waals surface area contributed by atoms with Crippen molar-refractivity contribution in [2.24, 2.45) is 0 Å². The number of carbonyl (C=O) groups excluding carboxylic acids is 1. The number of ether oxygens (including phenoxy) is 1. The lowest BCUT2D eigenvalue weighted by Gasteiger charge is -2.06. The van der Waals surface area contributed by atoms with Crippen LogP contribution >= 0.6 is 0 Å². The van der Waals surface area contributed by atoms with Crippen LogP contribution in [0.1, 0.15) is 35.7 Å². The summed E-state index contributed by atoms with van der Waals surface area (Å²) < 4.78 is 5.18. The number of esters is 1. The Bertz CT molecular complexity index is 350. The molecule has 0 aromatic heterocycles. The topological polar surface area (TPSA) is 38.3 Å². The average molecular weight is 235 g/mol. The van der Waals surface area contributed by atoms with E-state index in [1.165, 1.54) is 0 Å². The molecular weight excluding hydrogens is 214 g/mol. The van der Waals surface area contributed by atoms with E-state index in [2.05, 4.69) is 12.2 Å². The zero-order valence-corrected chi connectivity index (χ0v) is 10.7. The van der Waals surface area contributed by atoms with Crippen molar-refractivity contribution < 1.29 is 9.53 Å². The van der Waals surface area contributed by atoms with Gasteiger partial charge in [0.25, 0.3) is 0 Å². The third kappa shape index (κ3) is 5.50. The molecule has 3 nitrogen and oxygen atoms in total. The molecule has 3 heteroatoms. The Balaban J connectivity index is 2.21. The summed E-state index contributed by atoms with van der Waals surface area (Å²) in [6.07, 6.45) is 1.99. The van der Waals surface area contributed by atoms with Gasteiger partial charge < -0.3 is 10.1 Å². The number of hydrogen-bond donors (Lipinski definition) is 1. The molecule has 1 N–H and O–H groups in total. The minimum atomic E-state index is -0.232. The molecular formula is C14H21NO2. The maximum absolute atomic E-state index is 11.6. The molecule has 0 aliphatic heterocycles. The van der Waals surface area contributed by atoms with Crippen LogP contribution in [0.25, 0.3) is 0 Å². The van der Waals surface area contributed by atoms with Crippen LogP contribution < -0.4 is 5.32 Å². The Morgan fingerprint density at radius 1 is 1.35 bits per heavy atom. The molecule has 0 unspecified atom stereocenters. The normalized spacial score (nSPS) is 10.2. The smallest absolute Gasteiger partial charge is 0.338 e. The second-order valence-electron chi connectivity index (χ2n) is 4.11. The maximum Gasteiger partial charge on any atom is 0.338 e. The van der Waals surface area contributed by atoms with E-state index in [9.17, 15) is 4.79 Å². The summed E-state index contributed by atoms with van der Waals surface area (Å²) in [5.74, 6) is -0.232. The molecule has 1 rings (SSSR count). The van der Waals surface area contributed by atoms with Crippen LogP contribution in [0.4, 0.5) is 0 Å². The van der Waals surface area contributed by atoms with Crippen molar-refractivity contribution in [3.05, 3.63) is 35.4 Å². The Kier molecular flexibility index (Phi) is 6.33. The molecule has 0 saturated heterocycles. The Morgan fingerprint density at radius 2 is 2.18 bits per heavy atom. The van der Waals surface area contributed by atoms with Gasteiger partial charge in [0.05, 0.1) is 12.2 Å². The van der Waals surface area contributed by atoms with E-state index >= 15 is 0 Å². The summed E-state index contributed by atoms with van der Waals surface area (Å²) in [7, 11) is 0. The van der Waals surface area contributed by atoms with E-state index in [0.717, 1.165) is 31.5 Å². The van der Waals surface area contributed by atoms with Crippen LogP contribution in [0, 0.1) is 6.92 Å². The maximum atomic E-state index is 11.6. The number of carbonyl (C=O) groups is 1. The molecule has 0 bridgehead atoms. The van der Waals surface area contributed by atoms with Gasteiger partial charge in [-0.1, -0.05) is 24.6 Å². The first-order chi connectivity index (χ1) is 8.24. The van der Waals surface area contributed by atoms with Gasteiger partial charge in [-0.25, -0.2) is 4.79 Å². The zero-order chi connectivity index (χ0) is 12.5. The Morgan fingerprint density at radius 3 is 2.88 bits per heavy atom. The highest BCUT2D eigenvalue weighted by Gasteiger charge is 2.05. The molecule has 0 radical (unpaired) electrons. The first-order valence-electron chi connectivity index (χ1n) is 6.18. The van der Waals surface area contributed by atoms with Gasteiger partial charge in [0.1, 0.15) is 0 Å². The molecule has 0 amide bonds. The van der Waals surface area contributed by atoms with E-state index in [1.807, 2.05) is 25.1 Å². The number of hydrogen-bond acceptors (Lipinski definition) is 3. The Labute approximate surface area is 103 Å². The number of benzene rings is 1. The summed E-state index contributed by atoms with van der Waals surface area (Å²) in [6.45, 7) is 6.49. The molecule has 0 fully saturated rings. The molecule has 0 aliphatic rings. The highest BCUT2D eigenvalue weighted by atomic mass is 16.5. The van der Waals surface area contributed by atoms with Gasteiger partial charge in [-0.3, -0.25) is 0 Å². The van der Waals surface area contributed by atoms with Crippen LogP contribution in [0.15, 0.2) is 24.3 Å². The van der Waals surface area contributed by atoms with Crippen molar-refractivity contribution in [2.45, 2.75) is 26.7 Å². The predicted molar refractivity (Wildman–Crippen MR) is 69.2 cm³/mol. The Hall–Kier alpha value is -1.35. The van der Waals surface area contributed by atoms with Gasteiger partial charge in [-0.2, -0.15) is 0 Å². The summed E-state index contributed by atoms with van der Waals surface area (Å²) in [4.78, 5) is 11.6. The minimum absolute atomic E-state index is 0.232. The van der Waals surface area contributed by atoms with Crippen molar-refractivity contribution in [2.75, 3.05) is 19.7 Å². The van der Waals surface area contributed by atoms with Crippen molar-refractivity contribution in [3.63, 3.8) is 0 Å². The predicted octanol–water partition coefficient (Wildman–Crippen LogP) is 2.54. The fourth-order valence-electron chi connectivity index (χ4n) is 1.52. The largest absolute Gasteiger partial charge is 0.462 e. The summed E-state index contributed by atoms with van der Waals surface area (Å²) >= 11 is 0. The highest BCUT2D eigenvalue weighted by molar-refractivity contribution is 5.89. The molecule has 94 valence electrons. The molecule has 0 atom stereocenters. The lowest BCUT2D eigenvalue weighted by Crippen LogP contribution is -2.18. The van der Waals surface area contributed by atoms with E-state index < -0.39 is 0 Å². The highest BCUT2D eigenvalue weighted by Crippen LogP contribution is 2.05. The first kappa shape index (κ1) is 13.7.